The average Bonchev–Trinajstić information content (AvgIpc) is 3.18. The number of piperidine rings is 1. The third-order valence-electron chi connectivity index (χ3n) is 5.59. The maximum Gasteiger partial charge on any atom is 0.190 e. The Hall–Kier alpha value is -0.280. The molecular weight excluding hydrogens is 338 g/mol. The molecule has 0 aromatic rings. The van der Waals surface area contributed by atoms with Crippen molar-refractivity contribution in [2.24, 2.45) is 0 Å². The molecule has 0 amide bonds. The van der Waals surface area contributed by atoms with E-state index in [9.17, 15) is 0 Å². The second-order valence-corrected chi connectivity index (χ2v) is 8.67. The van der Waals surface area contributed by atoms with Crippen LogP contribution >= 0.6 is 0 Å². The minimum atomic E-state index is -0.652. The maximum absolute atomic E-state index is 6.30. The van der Waals surface area contributed by atoms with Gasteiger partial charge < -0.3 is 33.3 Å². The molecule has 4 aliphatic rings. The van der Waals surface area contributed by atoms with Crippen LogP contribution in [0.2, 0.25) is 0 Å². The standard InChI is InChI=1S/C19H33NO6/c1-18(2)22-12-13(24-18)14-15(16-17(23-14)26-19(3,4)25-16)21-11-10-20-8-6-5-7-9-20/h13-17H,5-12H2,1-4H3/t13-,14-,15+,16?,17?/m1/s1. The zero-order valence-electron chi connectivity index (χ0n) is 16.4. The van der Waals surface area contributed by atoms with Gasteiger partial charge in [0.2, 0.25) is 0 Å². The van der Waals surface area contributed by atoms with E-state index in [1.807, 2.05) is 27.7 Å². The summed E-state index contributed by atoms with van der Waals surface area (Å²) in [6.07, 6.45) is 2.63. The third-order valence-corrected chi connectivity index (χ3v) is 5.59. The van der Waals surface area contributed by atoms with Crippen molar-refractivity contribution in [2.45, 2.75) is 89.2 Å². The molecule has 7 nitrogen and oxygen atoms in total. The molecule has 4 rings (SSSR count). The molecule has 7 heteroatoms. The highest BCUT2D eigenvalue weighted by molar-refractivity contribution is 4.98. The number of likely N-dealkylation sites (tertiary alicyclic amines) is 1. The topological polar surface area (TPSA) is 58.6 Å². The normalized spacial score (nSPS) is 42.2. The zero-order valence-corrected chi connectivity index (χ0v) is 16.4. The number of hydrogen-bond donors (Lipinski definition) is 0. The highest BCUT2D eigenvalue weighted by Gasteiger charge is 2.58. The summed E-state index contributed by atoms with van der Waals surface area (Å²) < 4.78 is 36.2. The van der Waals surface area contributed by atoms with E-state index < -0.39 is 17.9 Å². The van der Waals surface area contributed by atoms with E-state index in [4.69, 9.17) is 28.4 Å². The highest BCUT2D eigenvalue weighted by Crippen LogP contribution is 2.41. The molecular formula is C19H33NO6. The molecule has 0 radical (unpaired) electrons. The van der Waals surface area contributed by atoms with Gasteiger partial charge in [0.15, 0.2) is 17.9 Å². The quantitative estimate of drug-likeness (QED) is 0.731. The molecule has 26 heavy (non-hydrogen) atoms. The van der Waals surface area contributed by atoms with Crippen molar-refractivity contribution in [3.8, 4) is 0 Å². The summed E-state index contributed by atoms with van der Waals surface area (Å²) in [4.78, 5) is 2.47. The molecule has 0 saturated carbocycles. The van der Waals surface area contributed by atoms with E-state index in [2.05, 4.69) is 4.90 Å². The van der Waals surface area contributed by atoms with Gasteiger partial charge in [-0.3, -0.25) is 0 Å². The molecule has 5 atom stereocenters. The van der Waals surface area contributed by atoms with Crippen LogP contribution in [0, 0.1) is 0 Å². The highest BCUT2D eigenvalue weighted by atomic mass is 16.8. The first-order chi connectivity index (χ1) is 12.3. The minimum Gasteiger partial charge on any atom is -0.371 e. The van der Waals surface area contributed by atoms with Crippen molar-refractivity contribution in [1.29, 1.82) is 0 Å². The van der Waals surface area contributed by atoms with Crippen LogP contribution in [0.1, 0.15) is 47.0 Å². The summed E-state index contributed by atoms with van der Waals surface area (Å²) in [6.45, 7) is 12.1. The van der Waals surface area contributed by atoms with Gasteiger partial charge in [-0.2, -0.15) is 0 Å². The van der Waals surface area contributed by atoms with Crippen molar-refractivity contribution in [2.75, 3.05) is 32.8 Å². The number of nitrogens with zero attached hydrogens (tertiary/aromatic N) is 1. The summed E-state index contributed by atoms with van der Waals surface area (Å²) in [5.41, 5.74) is 0. The fourth-order valence-corrected chi connectivity index (χ4v) is 4.37. The largest absolute Gasteiger partial charge is 0.371 e. The Bertz CT molecular complexity index is 492. The smallest absolute Gasteiger partial charge is 0.190 e. The molecule has 0 N–H and O–H groups in total. The molecule has 4 heterocycles. The molecule has 0 bridgehead atoms. The predicted octanol–water partition coefficient (Wildman–Crippen LogP) is 1.89. The van der Waals surface area contributed by atoms with Crippen LogP contribution in [-0.4, -0.2) is 80.0 Å². The lowest BCUT2D eigenvalue weighted by Gasteiger charge is -2.30. The van der Waals surface area contributed by atoms with E-state index in [0.29, 0.717) is 13.2 Å². The first-order valence-electron chi connectivity index (χ1n) is 10.00. The minimum absolute atomic E-state index is 0.175. The first-order valence-corrected chi connectivity index (χ1v) is 10.00. The van der Waals surface area contributed by atoms with Crippen LogP contribution < -0.4 is 0 Å². The Kier molecular flexibility index (Phi) is 5.33. The number of hydrogen-bond acceptors (Lipinski definition) is 7. The van der Waals surface area contributed by atoms with Crippen LogP contribution in [-0.2, 0) is 28.4 Å². The number of ether oxygens (including phenoxy) is 6. The third kappa shape index (κ3) is 4.09. The molecule has 0 spiro atoms. The van der Waals surface area contributed by atoms with Gasteiger partial charge in [-0.1, -0.05) is 6.42 Å². The summed E-state index contributed by atoms with van der Waals surface area (Å²) in [5, 5.41) is 0. The summed E-state index contributed by atoms with van der Waals surface area (Å²) >= 11 is 0. The SMILES string of the molecule is CC1(C)OC2O[C@H]([C@H]3COC(C)(C)O3)[C@H](OCCN3CCCCC3)C2O1. The first kappa shape index (κ1) is 19.1. The van der Waals surface area contributed by atoms with Crippen molar-refractivity contribution in [3.05, 3.63) is 0 Å². The van der Waals surface area contributed by atoms with Gasteiger partial charge in [0.1, 0.15) is 24.4 Å². The Labute approximate surface area is 156 Å². The summed E-state index contributed by atoms with van der Waals surface area (Å²) in [6, 6.07) is 0. The predicted molar refractivity (Wildman–Crippen MR) is 93.6 cm³/mol. The van der Waals surface area contributed by atoms with Gasteiger partial charge in [-0.25, -0.2) is 0 Å². The lowest BCUT2D eigenvalue weighted by atomic mass is 10.1. The van der Waals surface area contributed by atoms with Crippen LogP contribution in [0.3, 0.4) is 0 Å². The van der Waals surface area contributed by atoms with E-state index in [-0.39, 0.29) is 24.4 Å². The van der Waals surface area contributed by atoms with E-state index in [0.717, 1.165) is 6.54 Å². The van der Waals surface area contributed by atoms with Crippen molar-refractivity contribution in [3.63, 3.8) is 0 Å². The van der Waals surface area contributed by atoms with E-state index in [1.165, 1.54) is 32.4 Å². The molecule has 150 valence electrons. The van der Waals surface area contributed by atoms with E-state index >= 15 is 0 Å². The van der Waals surface area contributed by atoms with Crippen molar-refractivity contribution >= 4 is 0 Å². The van der Waals surface area contributed by atoms with Gasteiger partial charge >= 0.3 is 0 Å². The zero-order chi connectivity index (χ0) is 18.4. The lowest BCUT2D eigenvalue weighted by molar-refractivity contribution is -0.236. The second-order valence-electron chi connectivity index (χ2n) is 8.67. The van der Waals surface area contributed by atoms with E-state index in [1.54, 1.807) is 0 Å². The van der Waals surface area contributed by atoms with Gasteiger partial charge in [0, 0.05) is 6.54 Å². The Morgan fingerprint density at radius 3 is 2.38 bits per heavy atom. The molecule has 0 aromatic carbocycles. The van der Waals surface area contributed by atoms with Gasteiger partial charge in [0.05, 0.1) is 13.2 Å². The molecule has 0 aromatic heterocycles. The fraction of sp³-hybridized carbons (Fsp3) is 1.00. The monoisotopic (exact) mass is 371 g/mol. The van der Waals surface area contributed by atoms with Gasteiger partial charge in [-0.15, -0.1) is 0 Å². The van der Waals surface area contributed by atoms with Gasteiger partial charge in [-0.05, 0) is 53.6 Å². The van der Waals surface area contributed by atoms with Crippen LogP contribution in [0.15, 0.2) is 0 Å². The molecule has 4 saturated heterocycles. The summed E-state index contributed by atoms with van der Waals surface area (Å²) in [5.74, 6) is -1.24. The average molecular weight is 371 g/mol. The summed E-state index contributed by atoms with van der Waals surface area (Å²) in [7, 11) is 0. The maximum atomic E-state index is 6.30. The Morgan fingerprint density at radius 2 is 1.69 bits per heavy atom. The lowest BCUT2D eigenvalue weighted by Crippen LogP contribution is -2.45. The van der Waals surface area contributed by atoms with Crippen LogP contribution in [0.4, 0.5) is 0 Å². The Morgan fingerprint density at radius 1 is 0.923 bits per heavy atom. The molecule has 0 aliphatic carbocycles. The van der Waals surface area contributed by atoms with Crippen LogP contribution in [0.5, 0.6) is 0 Å². The molecule has 2 unspecified atom stereocenters. The number of rotatable bonds is 5. The number of fused-ring (bicyclic) bond motifs is 1. The van der Waals surface area contributed by atoms with Crippen molar-refractivity contribution in [1.82, 2.24) is 4.90 Å². The molecule has 4 aliphatic heterocycles. The van der Waals surface area contributed by atoms with Gasteiger partial charge in [0.25, 0.3) is 0 Å². The van der Waals surface area contributed by atoms with Crippen LogP contribution in [0.25, 0.3) is 0 Å². The van der Waals surface area contributed by atoms with Crippen molar-refractivity contribution < 1.29 is 28.4 Å². The Balaban J connectivity index is 1.38. The fourth-order valence-electron chi connectivity index (χ4n) is 4.37. The molecule has 4 fully saturated rings. The second kappa shape index (κ2) is 7.28.